The number of nitrogens with zero attached hydrogens (tertiary/aromatic N) is 1. The molecule has 0 bridgehead atoms. The summed E-state index contributed by atoms with van der Waals surface area (Å²) in [5.41, 5.74) is 0. The fourth-order valence-electron chi connectivity index (χ4n) is 1.09. The van der Waals surface area contributed by atoms with Crippen molar-refractivity contribution in [3.63, 3.8) is 0 Å². The normalized spacial score (nSPS) is 17.6. The van der Waals surface area contributed by atoms with Gasteiger partial charge in [-0.2, -0.15) is 0 Å². The number of ether oxygens (including phenoxy) is 2. The number of hydrogen-bond acceptors (Lipinski definition) is 4. The molecule has 0 N–H and O–H groups in total. The minimum atomic E-state index is 0. The van der Waals surface area contributed by atoms with E-state index in [9.17, 15) is 0 Å². The summed E-state index contributed by atoms with van der Waals surface area (Å²) in [7, 11) is 0. The van der Waals surface area contributed by atoms with Gasteiger partial charge in [0.05, 0.1) is 13.2 Å². The summed E-state index contributed by atoms with van der Waals surface area (Å²) in [6.07, 6.45) is 0. The molecule has 0 atom stereocenters. The average molecular weight is 231 g/mol. The summed E-state index contributed by atoms with van der Waals surface area (Å²) in [4.78, 5) is 2.29. The molecule has 0 unspecified atom stereocenters. The van der Waals surface area contributed by atoms with Gasteiger partial charge in [0.15, 0.2) is 0 Å². The SMILES string of the molecule is S=C(S)OCCN1CCOCC1.[H-].[Na+]. The number of morpholine rings is 1. The molecule has 1 heterocycles. The van der Waals surface area contributed by atoms with Crippen LogP contribution in [-0.2, 0) is 9.47 Å². The van der Waals surface area contributed by atoms with Crippen molar-refractivity contribution in [1.29, 1.82) is 0 Å². The number of hydrogen-bond donors (Lipinski definition) is 1. The minimum Gasteiger partial charge on any atom is -1.00 e. The van der Waals surface area contributed by atoms with Gasteiger partial charge < -0.3 is 10.9 Å². The van der Waals surface area contributed by atoms with E-state index in [1.54, 1.807) is 0 Å². The van der Waals surface area contributed by atoms with Crippen LogP contribution in [0.2, 0.25) is 0 Å². The summed E-state index contributed by atoms with van der Waals surface area (Å²) in [5, 5.41) is 0. The van der Waals surface area contributed by atoms with E-state index in [1.807, 2.05) is 0 Å². The Morgan fingerprint density at radius 2 is 2.15 bits per heavy atom. The molecular formula is C7H14NNaO2S2. The standard InChI is InChI=1S/C7H13NO2S2.Na.H/c11-7(12)10-6-3-8-1-4-9-5-2-8;;/h1-6H2,(H,11,12);;/q;+1;-1. The molecule has 1 fully saturated rings. The summed E-state index contributed by atoms with van der Waals surface area (Å²) < 4.78 is 10.6. The van der Waals surface area contributed by atoms with Gasteiger partial charge in [-0.15, -0.1) is 0 Å². The predicted octanol–water partition coefficient (Wildman–Crippen LogP) is -2.33. The second-order valence-corrected chi connectivity index (χ2v) is 3.65. The van der Waals surface area contributed by atoms with Crippen LogP contribution in [0.25, 0.3) is 0 Å². The van der Waals surface area contributed by atoms with Gasteiger partial charge in [-0.05, 0) is 12.2 Å². The number of rotatable bonds is 3. The maximum atomic E-state index is 5.20. The third kappa shape index (κ3) is 7.13. The molecule has 0 spiro atoms. The van der Waals surface area contributed by atoms with Crippen molar-refractivity contribution in [2.75, 3.05) is 39.5 Å². The molecule has 13 heavy (non-hydrogen) atoms. The maximum Gasteiger partial charge on any atom is 1.00 e. The van der Waals surface area contributed by atoms with Crippen molar-refractivity contribution in [3.05, 3.63) is 0 Å². The smallest absolute Gasteiger partial charge is 1.00 e. The molecule has 72 valence electrons. The molecule has 6 heteroatoms. The largest absolute Gasteiger partial charge is 1.00 e. The Kier molecular flexibility index (Phi) is 9.22. The predicted molar refractivity (Wildman–Crippen MR) is 55.9 cm³/mol. The van der Waals surface area contributed by atoms with Crippen LogP contribution in [0.15, 0.2) is 0 Å². The fraction of sp³-hybridized carbons (Fsp3) is 0.857. The van der Waals surface area contributed by atoms with Crippen molar-refractivity contribution >= 4 is 29.2 Å². The monoisotopic (exact) mass is 231 g/mol. The van der Waals surface area contributed by atoms with Gasteiger partial charge in [0.1, 0.15) is 6.61 Å². The van der Waals surface area contributed by atoms with E-state index in [-0.39, 0.29) is 31.0 Å². The number of thiol groups is 1. The van der Waals surface area contributed by atoms with Gasteiger partial charge >= 0.3 is 29.6 Å². The van der Waals surface area contributed by atoms with E-state index in [0.717, 1.165) is 32.8 Å². The van der Waals surface area contributed by atoms with Gasteiger partial charge in [-0.25, -0.2) is 0 Å². The minimum absolute atomic E-state index is 0. The molecule has 1 rings (SSSR count). The Bertz CT molecular complexity index is 159. The molecule has 0 amide bonds. The molecule has 1 aliphatic heterocycles. The maximum absolute atomic E-state index is 5.20. The molecule has 0 aromatic heterocycles. The molecule has 1 aliphatic rings. The third-order valence-electron chi connectivity index (χ3n) is 1.74. The first-order valence-corrected chi connectivity index (χ1v) is 4.80. The molecule has 1 saturated heterocycles. The van der Waals surface area contributed by atoms with E-state index < -0.39 is 0 Å². The van der Waals surface area contributed by atoms with Crippen LogP contribution >= 0.6 is 24.8 Å². The van der Waals surface area contributed by atoms with Crippen molar-refractivity contribution in [3.8, 4) is 0 Å². The average Bonchev–Trinajstić information content (AvgIpc) is 2.05. The second-order valence-electron chi connectivity index (χ2n) is 2.57. The zero-order valence-corrected chi connectivity index (χ0v) is 11.6. The first-order valence-electron chi connectivity index (χ1n) is 3.95. The van der Waals surface area contributed by atoms with Gasteiger partial charge in [-0.1, -0.05) is 12.6 Å². The topological polar surface area (TPSA) is 21.7 Å². The van der Waals surface area contributed by atoms with Crippen molar-refractivity contribution < 1.29 is 40.5 Å². The van der Waals surface area contributed by atoms with Gasteiger partial charge in [0.25, 0.3) is 0 Å². The van der Waals surface area contributed by atoms with Crippen molar-refractivity contribution in [1.82, 2.24) is 4.90 Å². The van der Waals surface area contributed by atoms with Crippen LogP contribution in [0.4, 0.5) is 0 Å². The van der Waals surface area contributed by atoms with Crippen LogP contribution in [0.3, 0.4) is 0 Å². The Labute approximate surface area is 113 Å². The van der Waals surface area contributed by atoms with Crippen LogP contribution in [0.5, 0.6) is 0 Å². The summed E-state index contributed by atoms with van der Waals surface area (Å²) >= 11 is 8.52. The van der Waals surface area contributed by atoms with Crippen LogP contribution in [0.1, 0.15) is 1.43 Å². The quantitative estimate of drug-likeness (QED) is 0.334. The van der Waals surface area contributed by atoms with Gasteiger partial charge in [0, 0.05) is 19.6 Å². The van der Waals surface area contributed by atoms with E-state index in [0.29, 0.717) is 11.0 Å². The van der Waals surface area contributed by atoms with E-state index in [4.69, 9.17) is 9.47 Å². The zero-order chi connectivity index (χ0) is 8.81. The van der Waals surface area contributed by atoms with E-state index >= 15 is 0 Å². The molecular weight excluding hydrogens is 217 g/mol. The van der Waals surface area contributed by atoms with Crippen LogP contribution < -0.4 is 29.6 Å². The van der Waals surface area contributed by atoms with Crippen LogP contribution in [-0.4, -0.2) is 48.7 Å². The van der Waals surface area contributed by atoms with Gasteiger partial charge in [-0.3, -0.25) is 4.90 Å². The summed E-state index contributed by atoms with van der Waals surface area (Å²) in [6.45, 7) is 5.16. The van der Waals surface area contributed by atoms with Crippen molar-refractivity contribution in [2.24, 2.45) is 0 Å². The van der Waals surface area contributed by atoms with Crippen molar-refractivity contribution in [2.45, 2.75) is 0 Å². The Morgan fingerprint density at radius 3 is 2.69 bits per heavy atom. The van der Waals surface area contributed by atoms with Gasteiger partial charge in [0.2, 0.25) is 4.38 Å². The molecule has 0 radical (unpaired) electrons. The van der Waals surface area contributed by atoms with Crippen LogP contribution in [0, 0.1) is 0 Å². The molecule has 0 aromatic rings. The summed E-state index contributed by atoms with van der Waals surface area (Å²) in [6, 6.07) is 0. The van der Waals surface area contributed by atoms with E-state index in [1.165, 1.54) is 0 Å². The molecule has 3 nitrogen and oxygen atoms in total. The Hall–Kier alpha value is 1.16. The molecule has 0 aromatic carbocycles. The third-order valence-corrected chi connectivity index (χ3v) is 1.98. The van der Waals surface area contributed by atoms with E-state index in [2.05, 4.69) is 29.7 Å². The first kappa shape index (κ1) is 14.2. The zero-order valence-electron chi connectivity index (χ0n) is 8.86. The molecule has 0 saturated carbocycles. The first-order chi connectivity index (χ1) is 5.79. The fourth-order valence-corrected chi connectivity index (χ4v) is 1.26. The summed E-state index contributed by atoms with van der Waals surface area (Å²) in [5.74, 6) is 0. The number of thiocarbonyl (C=S) groups is 1. The Balaban J connectivity index is 0. The second kappa shape index (κ2) is 8.47. The Morgan fingerprint density at radius 1 is 1.54 bits per heavy atom. The molecule has 0 aliphatic carbocycles.